The first-order valence-corrected chi connectivity index (χ1v) is 12.7. The van der Waals surface area contributed by atoms with E-state index in [2.05, 4.69) is 59.5 Å². The van der Waals surface area contributed by atoms with E-state index in [9.17, 15) is 9.59 Å². The van der Waals surface area contributed by atoms with Crippen molar-refractivity contribution in [3.63, 3.8) is 0 Å². The molecule has 2 N–H and O–H groups in total. The Kier molecular flexibility index (Phi) is 7.88. The fourth-order valence-corrected chi connectivity index (χ4v) is 5.11. The number of piperidine rings is 1. The van der Waals surface area contributed by atoms with Crippen LogP contribution in [0.4, 0.5) is 11.4 Å². The zero-order valence-corrected chi connectivity index (χ0v) is 20.8. The monoisotopic (exact) mass is 462 g/mol. The molecule has 2 aromatic rings. The third-order valence-electron chi connectivity index (χ3n) is 7.17. The second-order valence-corrected chi connectivity index (χ2v) is 9.97. The van der Waals surface area contributed by atoms with Crippen molar-refractivity contribution in [1.29, 1.82) is 0 Å². The van der Waals surface area contributed by atoms with Gasteiger partial charge < -0.3 is 15.5 Å². The van der Waals surface area contributed by atoms with Gasteiger partial charge in [-0.2, -0.15) is 0 Å². The average molecular weight is 463 g/mol. The lowest BCUT2D eigenvalue weighted by molar-refractivity contribution is -0.136. The molecule has 0 spiro atoms. The van der Waals surface area contributed by atoms with Crippen LogP contribution in [-0.4, -0.2) is 49.9 Å². The van der Waals surface area contributed by atoms with Crippen molar-refractivity contribution in [3.8, 4) is 0 Å². The third kappa shape index (κ3) is 5.79. The van der Waals surface area contributed by atoms with Gasteiger partial charge in [-0.25, -0.2) is 0 Å². The summed E-state index contributed by atoms with van der Waals surface area (Å²) >= 11 is 0. The normalized spacial score (nSPS) is 17.2. The molecule has 4 rings (SSSR count). The fourth-order valence-electron chi connectivity index (χ4n) is 5.11. The van der Waals surface area contributed by atoms with Gasteiger partial charge in [0.25, 0.3) is 0 Å². The number of anilines is 2. The molecular weight excluding hydrogens is 424 g/mol. The van der Waals surface area contributed by atoms with Crippen molar-refractivity contribution in [2.45, 2.75) is 57.9 Å². The lowest BCUT2D eigenvalue weighted by Crippen LogP contribution is -2.43. The molecule has 182 valence electrons. The number of rotatable bonds is 6. The van der Waals surface area contributed by atoms with E-state index in [1.807, 2.05) is 24.3 Å². The standard InChI is InChI=1S/C28H38N4O2/c1-20(2)21-9-12-24(13-10-21)30-28(34)27(33)29-19-26(32-16-5-4-6-17-32)23-11-14-25-22(18-23)8-7-15-31(25)3/h9-14,18,20,26H,4-8,15-17,19H2,1-3H3,(H,29,33)(H,30,34)/t26-/m1/s1. The third-order valence-corrected chi connectivity index (χ3v) is 7.17. The molecule has 2 amide bonds. The maximum absolute atomic E-state index is 12.7. The highest BCUT2D eigenvalue weighted by Gasteiger charge is 2.26. The molecule has 1 fully saturated rings. The van der Waals surface area contributed by atoms with E-state index in [0.29, 0.717) is 18.2 Å². The van der Waals surface area contributed by atoms with Gasteiger partial charge in [0.1, 0.15) is 0 Å². The molecule has 2 aliphatic heterocycles. The van der Waals surface area contributed by atoms with Gasteiger partial charge in [0.05, 0.1) is 6.04 Å². The molecule has 0 aliphatic carbocycles. The maximum Gasteiger partial charge on any atom is 0.313 e. The van der Waals surface area contributed by atoms with E-state index in [-0.39, 0.29) is 6.04 Å². The topological polar surface area (TPSA) is 64.7 Å². The predicted octanol–water partition coefficient (Wildman–Crippen LogP) is 4.47. The van der Waals surface area contributed by atoms with E-state index in [0.717, 1.165) is 32.5 Å². The van der Waals surface area contributed by atoms with Crippen LogP contribution in [0, 0.1) is 0 Å². The van der Waals surface area contributed by atoms with Crippen LogP contribution in [0.25, 0.3) is 0 Å². The summed E-state index contributed by atoms with van der Waals surface area (Å²) in [4.78, 5) is 30.0. The smallest absolute Gasteiger partial charge is 0.313 e. The highest BCUT2D eigenvalue weighted by Crippen LogP contribution is 2.31. The minimum atomic E-state index is -0.623. The highest BCUT2D eigenvalue weighted by molar-refractivity contribution is 6.39. The van der Waals surface area contributed by atoms with Gasteiger partial charge in [-0.05, 0) is 79.6 Å². The Morgan fingerprint density at radius 2 is 1.59 bits per heavy atom. The predicted molar refractivity (Wildman–Crippen MR) is 138 cm³/mol. The Morgan fingerprint density at radius 3 is 2.29 bits per heavy atom. The van der Waals surface area contributed by atoms with E-state index in [1.165, 1.54) is 41.6 Å². The number of benzene rings is 2. The van der Waals surface area contributed by atoms with Crippen LogP contribution in [0.15, 0.2) is 42.5 Å². The van der Waals surface area contributed by atoms with Crippen molar-refractivity contribution in [2.24, 2.45) is 0 Å². The lowest BCUT2D eigenvalue weighted by Gasteiger charge is -2.36. The number of hydrogen-bond donors (Lipinski definition) is 2. The van der Waals surface area contributed by atoms with Crippen LogP contribution in [-0.2, 0) is 16.0 Å². The van der Waals surface area contributed by atoms with Crippen LogP contribution in [0.3, 0.4) is 0 Å². The summed E-state index contributed by atoms with van der Waals surface area (Å²) in [6.07, 6.45) is 5.85. The SMILES string of the molecule is CC(C)c1ccc(NC(=O)C(=O)NC[C@H](c2ccc3c(c2)CCCN3C)N2CCCCC2)cc1. The first kappa shape index (κ1) is 24.3. The van der Waals surface area contributed by atoms with Crippen molar-refractivity contribution in [2.75, 3.05) is 43.4 Å². The number of aryl methyl sites for hydroxylation is 1. The Hall–Kier alpha value is -2.86. The first-order chi connectivity index (χ1) is 16.4. The number of nitrogens with one attached hydrogen (secondary N) is 2. The van der Waals surface area contributed by atoms with Crippen molar-refractivity contribution < 1.29 is 9.59 Å². The molecule has 1 atom stereocenters. The Labute approximate surface area is 203 Å². The number of nitrogens with zero attached hydrogens (tertiary/aromatic N) is 2. The van der Waals surface area contributed by atoms with Crippen LogP contribution in [0.1, 0.15) is 68.2 Å². The number of fused-ring (bicyclic) bond motifs is 1. The van der Waals surface area contributed by atoms with Crippen molar-refractivity contribution in [1.82, 2.24) is 10.2 Å². The lowest BCUT2D eigenvalue weighted by atomic mass is 9.95. The van der Waals surface area contributed by atoms with Gasteiger partial charge in [0.15, 0.2) is 0 Å². The van der Waals surface area contributed by atoms with Gasteiger partial charge >= 0.3 is 11.8 Å². The van der Waals surface area contributed by atoms with Crippen molar-refractivity contribution >= 4 is 23.2 Å². The minimum absolute atomic E-state index is 0.0694. The molecule has 34 heavy (non-hydrogen) atoms. The summed E-state index contributed by atoms with van der Waals surface area (Å²) in [5.41, 5.74) is 5.74. The summed E-state index contributed by atoms with van der Waals surface area (Å²) in [5, 5.41) is 5.64. The highest BCUT2D eigenvalue weighted by atomic mass is 16.2. The van der Waals surface area contributed by atoms with E-state index in [1.54, 1.807) is 0 Å². The average Bonchev–Trinajstić information content (AvgIpc) is 2.85. The molecule has 0 bridgehead atoms. The second kappa shape index (κ2) is 11.0. The van der Waals surface area contributed by atoms with Crippen molar-refractivity contribution in [3.05, 3.63) is 59.2 Å². The number of likely N-dealkylation sites (tertiary alicyclic amines) is 1. The number of carbonyl (C=O) groups is 2. The molecule has 2 aliphatic rings. The summed E-state index contributed by atoms with van der Waals surface area (Å²) < 4.78 is 0. The van der Waals surface area contributed by atoms with E-state index in [4.69, 9.17) is 0 Å². The van der Waals surface area contributed by atoms with Gasteiger partial charge in [0.2, 0.25) is 0 Å². The number of carbonyl (C=O) groups excluding carboxylic acids is 2. The first-order valence-electron chi connectivity index (χ1n) is 12.7. The molecule has 0 saturated carbocycles. The van der Waals surface area contributed by atoms with Crippen LogP contribution in [0.2, 0.25) is 0 Å². The molecule has 6 heteroatoms. The van der Waals surface area contributed by atoms with Gasteiger partial charge in [-0.15, -0.1) is 0 Å². The Balaban J connectivity index is 1.43. The molecule has 2 heterocycles. The van der Waals surface area contributed by atoms with Gasteiger partial charge in [-0.1, -0.05) is 44.5 Å². The van der Waals surface area contributed by atoms with E-state index >= 15 is 0 Å². The quantitative estimate of drug-likeness (QED) is 0.622. The fraction of sp³-hybridized carbons (Fsp3) is 0.500. The second-order valence-electron chi connectivity index (χ2n) is 9.97. The van der Waals surface area contributed by atoms with Crippen LogP contribution >= 0.6 is 0 Å². The zero-order chi connectivity index (χ0) is 24.1. The van der Waals surface area contributed by atoms with Gasteiger partial charge in [0, 0.05) is 31.5 Å². The van der Waals surface area contributed by atoms with Crippen LogP contribution < -0.4 is 15.5 Å². The van der Waals surface area contributed by atoms with E-state index < -0.39 is 11.8 Å². The molecule has 0 unspecified atom stereocenters. The molecule has 2 aromatic carbocycles. The number of hydrogen-bond acceptors (Lipinski definition) is 4. The number of amides is 2. The summed E-state index contributed by atoms with van der Waals surface area (Å²) in [6.45, 7) is 7.81. The zero-order valence-electron chi connectivity index (χ0n) is 20.8. The van der Waals surface area contributed by atoms with Crippen LogP contribution in [0.5, 0.6) is 0 Å². The molecule has 6 nitrogen and oxygen atoms in total. The molecule has 0 radical (unpaired) electrons. The summed E-state index contributed by atoms with van der Waals surface area (Å²) in [7, 11) is 2.15. The molecular formula is C28H38N4O2. The summed E-state index contributed by atoms with van der Waals surface area (Å²) in [6, 6.07) is 14.5. The Bertz CT molecular complexity index is 996. The maximum atomic E-state index is 12.7. The summed E-state index contributed by atoms with van der Waals surface area (Å²) in [5.74, 6) is -0.793. The Morgan fingerprint density at radius 1 is 0.882 bits per heavy atom. The molecule has 0 aromatic heterocycles. The largest absolute Gasteiger partial charge is 0.374 e. The minimum Gasteiger partial charge on any atom is -0.374 e. The molecule has 1 saturated heterocycles. The van der Waals surface area contributed by atoms with Gasteiger partial charge in [-0.3, -0.25) is 14.5 Å².